The summed E-state index contributed by atoms with van der Waals surface area (Å²) in [7, 11) is 1.51. The molecule has 0 atom stereocenters. The highest BCUT2D eigenvalue weighted by atomic mass is 35.5. The first-order valence-corrected chi connectivity index (χ1v) is 13.1. The lowest BCUT2D eigenvalue weighted by atomic mass is 10.1. The Labute approximate surface area is 228 Å². The van der Waals surface area contributed by atoms with Crippen LogP contribution in [0.4, 0.5) is 5.00 Å². The number of rotatable bonds is 9. The van der Waals surface area contributed by atoms with Crippen molar-refractivity contribution in [1.82, 2.24) is 5.43 Å². The van der Waals surface area contributed by atoms with Crippen molar-refractivity contribution in [3.05, 3.63) is 74.6 Å². The van der Waals surface area contributed by atoms with Gasteiger partial charge in [-0.1, -0.05) is 29.8 Å². The van der Waals surface area contributed by atoms with Gasteiger partial charge in [-0.05, 0) is 61.6 Å². The summed E-state index contributed by atoms with van der Waals surface area (Å²) < 4.78 is 16.4. The van der Waals surface area contributed by atoms with Crippen molar-refractivity contribution in [3.8, 4) is 11.5 Å². The van der Waals surface area contributed by atoms with E-state index in [1.54, 1.807) is 31.2 Å². The predicted octanol–water partition coefficient (Wildman–Crippen LogP) is 4.74. The van der Waals surface area contributed by atoms with Crippen LogP contribution in [0.3, 0.4) is 0 Å². The summed E-state index contributed by atoms with van der Waals surface area (Å²) in [5, 5.41) is 7.32. The van der Waals surface area contributed by atoms with E-state index in [0.29, 0.717) is 32.6 Å². The van der Waals surface area contributed by atoms with E-state index in [4.69, 9.17) is 25.8 Å². The van der Waals surface area contributed by atoms with E-state index in [2.05, 4.69) is 15.8 Å². The van der Waals surface area contributed by atoms with Gasteiger partial charge in [-0.15, -0.1) is 11.3 Å². The number of nitrogens with zero attached hydrogens (tertiary/aromatic N) is 1. The van der Waals surface area contributed by atoms with Crippen LogP contribution in [0.5, 0.6) is 11.5 Å². The number of aryl methyl sites for hydroxylation is 1. The summed E-state index contributed by atoms with van der Waals surface area (Å²) in [5.41, 5.74) is 4.86. The molecule has 9 nitrogen and oxygen atoms in total. The molecule has 0 unspecified atom stereocenters. The normalized spacial score (nSPS) is 12.2. The van der Waals surface area contributed by atoms with Crippen molar-refractivity contribution >= 4 is 51.9 Å². The molecule has 38 heavy (non-hydrogen) atoms. The minimum Gasteiger partial charge on any atom is -0.493 e. The second-order valence-electron chi connectivity index (χ2n) is 8.23. The van der Waals surface area contributed by atoms with Crippen molar-refractivity contribution in [1.29, 1.82) is 0 Å². The monoisotopic (exact) mass is 555 g/mol. The fourth-order valence-electron chi connectivity index (χ4n) is 3.94. The van der Waals surface area contributed by atoms with E-state index in [0.717, 1.165) is 35.3 Å². The molecule has 0 saturated heterocycles. The SMILES string of the molecule is CCOC(=O)c1c(NC(=O)C(=O)N/N=C/c2ccc(OCc3ccccc3Cl)c(OC)c2)sc2c1CCC2. The fourth-order valence-corrected chi connectivity index (χ4v) is 5.41. The van der Waals surface area contributed by atoms with Crippen LogP contribution in [0, 0.1) is 0 Å². The van der Waals surface area contributed by atoms with Gasteiger partial charge in [0.2, 0.25) is 0 Å². The first-order valence-electron chi connectivity index (χ1n) is 11.9. The minimum absolute atomic E-state index is 0.214. The zero-order chi connectivity index (χ0) is 27.1. The molecule has 0 bridgehead atoms. The van der Waals surface area contributed by atoms with Gasteiger partial charge in [-0.2, -0.15) is 5.10 Å². The Morgan fingerprint density at radius 3 is 2.68 bits per heavy atom. The molecular formula is C27H26ClN3O6S. The summed E-state index contributed by atoms with van der Waals surface area (Å²) >= 11 is 7.47. The van der Waals surface area contributed by atoms with E-state index in [9.17, 15) is 14.4 Å². The van der Waals surface area contributed by atoms with E-state index in [1.165, 1.54) is 24.7 Å². The van der Waals surface area contributed by atoms with Crippen LogP contribution in [0.25, 0.3) is 0 Å². The summed E-state index contributed by atoms with van der Waals surface area (Å²) in [6, 6.07) is 12.5. The summed E-state index contributed by atoms with van der Waals surface area (Å²) in [6.45, 7) is 2.19. The molecular weight excluding hydrogens is 530 g/mol. The number of hydrogen-bond donors (Lipinski definition) is 2. The lowest BCUT2D eigenvalue weighted by molar-refractivity contribution is -0.136. The van der Waals surface area contributed by atoms with Gasteiger partial charge in [-0.25, -0.2) is 10.2 Å². The quantitative estimate of drug-likeness (QED) is 0.170. The number of thiophene rings is 1. The van der Waals surface area contributed by atoms with Crippen LogP contribution in [0.15, 0.2) is 47.6 Å². The van der Waals surface area contributed by atoms with Crippen LogP contribution >= 0.6 is 22.9 Å². The number of fused-ring (bicyclic) bond motifs is 1. The van der Waals surface area contributed by atoms with Gasteiger partial charge >= 0.3 is 17.8 Å². The minimum atomic E-state index is -0.976. The van der Waals surface area contributed by atoms with Crippen molar-refractivity contribution in [2.75, 3.05) is 19.0 Å². The zero-order valence-electron chi connectivity index (χ0n) is 20.8. The number of esters is 1. The molecule has 0 fully saturated rings. The molecule has 1 aliphatic rings. The maximum atomic E-state index is 12.5. The Kier molecular flexibility index (Phi) is 8.98. The highest BCUT2D eigenvalue weighted by Gasteiger charge is 2.29. The van der Waals surface area contributed by atoms with Crippen molar-refractivity contribution in [3.63, 3.8) is 0 Å². The lowest BCUT2D eigenvalue weighted by Gasteiger charge is -2.12. The largest absolute Gasteiger partial charge is 0.493 e. The van der Waals surface area contributed by atoms with E-state index in [1.807, 2.05) is 18.2 Å². The number of carbonyl (C=O) groups is 3. The molecule has 1 aromatic heterocycles. The smallest absolute Gasteiger partial charge is 0.341 e. The number of hydrogen-bond acceptors (Lipinski definition) is 8. The summed E-state index contributed by atoms with van der Waals surface area (Å²) in [6.07, 6.45) is 3.87. The third kappa shape index (κ3) is 6.32. The van der Waals surface area contributed by atoms with Crippen LogP contribution in [-0.2, 0) is 33.8 Å². The van der Waals surface area contributed by atoms with Crippen LogP contribution in [-0.4, -0.2) is 37.7 Å². The second-order valence-corrected chi connectivity index (χ2v) is 9.74. The van der Waals surface area contributed by atoms with Gasteiger partial charge in [0.1, 0.15) is 11.6 Å². The van der Waals surface area contributed by atoms with Crippen molar-refractivity contribution in [2.45, 2.75) is 32.8 Å². The Morgan fingerprint density at radius 1 is 1.11 bits per heavy atom. The zero-order valence-corrected chi connectivity index (χ0v) is 22.4. The molecule has 198 valence electrons. The summed E-state index contributed by atoms with van der Waals surface area (Å²) in [5.74, 6) is -1.45. The first kappa shape index (κ1) is 27.2. The number of benzene rings is 2. The van der Waals surface area contributed by atoms with Gasteiger partial charge in [0.15, 0.2) is 11.5 Å². The van der Waals surface area contributed by atoms with Gasteiger partial charge < -0.3 is 19.5 Å². The number of carbonyl (C=O) groups excluding carboxylic acids is 3. The molecule has 0 radical (unpaired) electrons. The Hall–Kier alpha value is -3.89. The Morgan fingerprint density at radius 2 is 1.92 bits per heavy atom. The number of amides is 2. The fraction of sp³-hybridized carbons (Fsp3) is 0.259. The number of methoxy groups -OCH3 is 1. The highest BCUT2D eigenvalue weighted by Crippen LogP contribution is 2.39. The topological polar surface area (TPSA) is 115 Å². The molecule has 2 amide bonds. The lowest BCUT2D eigenvalue weighted by Crippen LogP contribution is -2.32. The third-order valence-corrected chi connectivity index (χ3v) is 7.32. The molecule has 2 aromatic carbocycles. The van der Waals surface area contributed by atoms with E-state index in [-0.39, 0.29) is 13.2 Å². The predicted molar refractivity (Wildman–Crippen MR) is 145 cm³/mol. The van der Waals surface area contributed by atoms with Gasteiger partial charge in [-0.3, -0.25) is 9.59 Å². The average Bonchev–Trinajstić information content (AvgIpc) is 3.49. The highest BCUT2D eigenvalue weighted by molar-refractivity contribution is 7.17. The van der Waals surface area contributed by atoms with Crippen molar-refractivity contribution < 1.29 is 28.6 Å². The third-order valence-electron chi connectivity index (χ3n) is 5.74. The molecule has 1 heterocycles. The number of anilines is 1. The Balaban J connectivity index is 1.36. The molecule has 0 aliphatic heterocycles. The molecule has 1 aliphatic carbocycles. The van der Waals surface area contributed by atoms with Crippen molar-refractivity contribution in [2.24, 2.45) is 5.10 Å². The standard InChI is InChI=1S/C27H26ClN3O6S/c1-3-36-27(34)23-18-8-6-10-22(18)38-26(23)30-24(32)25(33)31-29-14-16-11-12-20(21(13-16)35-2)37-15-17-7-4-5-9-19(17)28/h4-5,7,9,11-14H,3,6,8,10,15H2,1-2H3,(H,30,32)(H,31,33)/b29-14+. The van der Waals surface area contributed by atoms with E-state index < -0.39 is 17.8 Å². The Bertz CT molecular complexity index is 1390. The molecule has 2 N–H and O–H groups in total. The molecule has 0 saturated carbocycles. The maximum Gasteiger partial charge on any atom is 0.341 e. The first-order chi connectivity index (χ1) is 18.4. The maximum absolute atomic E-state index is 12.5. The number of halogens is 1. The van der Waals surface area contributed by atoms with Gasteiger partial charge in [0.25, 0.3) is 0 Å². The van der Waals surface area contributed by atoms with Crippen LogP contribution < -0.4 is 20.2 Å². The van der Waals surface area contributed by atoms with Gasteiger partial charge in [0.05, 0.1) is 25.5 Å². The number of ether oxygens (including phenoxy) is 3. The van der Waals surface area contributed by atoms with E-state index >= 15 is 0 Å². The molecule has 0 spiro atoms. The van der Waals surface area contributed by atoms with Gasteiger partial charge in [0, 0.05) is 15.5 Å². The molecule has 11 heteroatoms. The molecule has 4 rings (SSSR count). The van der Waals surface area contributed by atoms with Crippen LogP contribution in [0.2, 0.25) is 5.02 Å². The molecule has 3 aromatic rings. The number of hydrazone groups is 1. The van der Waals surface area contributed by atoms with Crippen LogP contribution in [0.1, 0.15) is 45.3 Å². The summed E-state index contributed by atoms with van der Waals surface area (Å²) in [4.78, 5) is 38.3. The number of nitrogens with one attached hydrogen (secondary N) is 2. The average molecular weight is 556 g/mol. The second kappa shape index (κ2) is 12.6.